The minimum absolute atomic E-state index is 0.0514. The molecule has 2 fully saturated rings. The average Bonchev–Trinajstić information content (AvgIpc) is 2.99. The van der Waals surface area contributed by atoms with Gasteiger partial charge in [0.25, 0.3) is 0 Å². The van der Waals surface area contributed by atoms with E-state index in [1.54, 1.807) is 18.3 Å². The Labute approximate surface area is 153 Å². The number of hydrogen-bond acceptors (Lipinski definition) is 3. The van der Waals surface area contributed by atoms with E-state index in [1.165, 1.54) is 6.07 Å². The van der Waals surface area contributed by atoms with Gasteiger partial charge in [0.05, 0.1) is 0 Å². The van der Waals surface area contributed by atoms with Gasteiger partial charge in [-0.2, -0.15) is 0 Å². The highest BCUT2D eigenvalue weighted by molar-refractivity contribution is 5.77. The molecule has 0 bridgehead atoms. The standard InChI is InChI=1S/C20H25FN4O/c1-24-9-8-22-20(24)19-17(6-7-18(26)25(19)2)23-16-11-14(12-16)13-4-3-5-15(21)10-13/h3-5,8-10,14,16-17,19,23H,6-7,11-12H2,1-2H3/t14?,16?,17-,19-/m1/s1. The van der Waals surface area contributed by atoms with Crippen molar-refractivity contribution in [1.82, 2.24) is 19.8 Å². The number of likely N-dealkylation sites (N-methyl/N-ethyl adjacent to an activating group) is 1. The lowest BCUT2D eigenvalue weighted by Gasteiger charge is -2.44. The number of rotatable bonds is 4. The van der Waals surface area contributed by atoms with Crippen LogP contribution >= 0.6 is 0 Å². The van der Waals surface area contributed by atoms with Crippen LogP contribution in [-0.2, 0) is 11.8 Å². The van der Waals surface area contributed by atoms with Gasteiger partial charge in [-0.05, 0) is 42.9 Å². The van der Waals surface area contributed by atoms with E-state index in [0.29, 0.717) is 18.4 Å². The van der Waals surface area contributed by atoms with Crippen molar-refractivity contribution in [3.05, 3.63) is 53.9 Å². The summed E-state index contributed by atoms with van der Waals surface area (Å²) >= 11 is 0. The van der Waals surface area contributed by atoms with Crippen LogP contribution < -0.4 is 5.32 Å². The predicted molar refractivity (Wildman–Crippen MR) is 97.0 cm³/mol. The molecule has 0 radical (unpaired) electrons. The number of nitrogens with zero attached hydrogens (tertiary/aromatic N) is 3. The number of imidazole rings is 1. The Morgan fingerprint density at radius 2 is 2.08 bits per heavy atom. The van der Waals surface area contributed by atoms with Crippen LogP contribution in [0.2, 0.25) is 0 Å². The molecule has 2 aromatic rings. The summed E-state index contributed by atoms with van der Waals surface area (Å²) in [5.41, 5.74) is 1.08. The maximum absolute atomic E-state index is 13.4. The fraction of sp³-hybridized carbons (Fsp3) is 0.500. The average molecular weight is 356 g/mol. The second-order valence-corrected chi connectivity index (χ2v) is 7.58. The summed E-state index contributed by atoms with van der Waals surface area (Å²) in [4.78, 5) is 18.5. The Morgan fingerprint density at radius 1 is 1.27 bits per heavy atom. The highest BCUT2D eigenvalue weighted by Gasteiger charge is 2.40. The summed E-state index contributed by atoms with van der Waals surface area (Å²) in [6.07, 6.45) is 7.10. The third-order valence-corrected chi connectivity index (χ3v) is 5.89. The monoisotopic (exact) mass is 356 g/mol. The molecule has 6 heteroatoms. The number of aryl methyl sites for hydroxylation is 1. The maximum Gasteiger partial charge on any atom is 0.223 e. The molecule has 26 heavy (non-hydrogen) atoms. The Balaban J connectivity index is 1.44. The second kappa shape index (κ2) is 6.83. The first-order valence-electron chi connectivity index (χ1n) is 9.27. The molecule has 4 rings (SSSR count). The molecule has 1 amide bonds. The molecule has 0 unspecified atom stereocenters. The van der Waals surface area contributed by atoms with E-state index in [2.05, 4.69) is 10.3 Å². The lowest BCUT2D eigenvalue weighted by molar-refractivity contribution is -0.136. The highest BCUT2D eigenvalue weighted by atomic mass is 19.1. The summed E-state index contributed by atoms with van der Waals surface area (Å²) in [5.74, 6) is 1.33. The summed E-state index contributed by atoms with van der Waals surface area (Å²) in [7, 11) is 3.83. The van der Waals surface area contributed by atoms with Gasteiger partial charge >= 0.3 is 0 Å². The number of amides is 1. The van der Waals surface area contributed by atoms with Gasteiger partial charge in [-0.1, -0.05) is 12.1 Å². The maximum atomic E-state index is 13.4. The van der Waals surface area contributed by atoms with Crippen molar-refractivity contribution in [2.45, 2.75) is 49.7 Å². The fourth-order valence-electron chi connectivity index (χ4n) is 4.32. The first-order valence-corrected chi connectivity index (χ1v) is 9.27. The highest BCUT2D eigenvalue weighted by Crippen LogP contribution is 2.39. The van der Waals surface area contributed by atoms with Crippen LogP contribution in [0.1, 0.15) is 49.0 Å². The van der Waals surface area contributed by atoms with Crippen LogP contribution in [0.3, 0.4) is 0 Å². The van der Waals surface area contributed by atoms with Crippen molar-refractivity contribution in [3.63, 3.8) is 0 Å². The Hall–Kier alpha value is -2.21. The fourth-order valence-corrected chi connectivity index (χ4v) is 4.32. The number of carbonyl (C=O) groups excluding carboxylic acids is 1. The summed E-state index contributed by atoms with van der Waals surface area (Å²) < 4.78 is 15.4. The minimum Gasteiger partial charge on any atom is -0.336 e. The third-order valence-electron chi connectivity index (χ3n) is 5.89. The molecule has 5 nitrogen and oxygen atoms in total. The molecule has 138 valence electrons. The number of halogens is 1. The van der Waals surface area contributed by atoms with Crippen molar-refractivity contribution >= 4 is 5.91 Å². The first kappa shape index (κ1) is 17.2. The van der Waals surface area contributed by atoms with Crippen LogP contribution in [0.4, 0.5) is 4.39 Å². The zero-order valence-electron chi connectivity index (χ0n) is 15.2. The van der Waals surface area contributed by atoms with Crippen LogP contribution in [0.5, 0.6) is 0 Å². The van der Waals surface area contributed by atoms with Crippen molar-refractivity contribution < 1.29 is 9.18 Å². The number of hydrogen-bond donors (Lipinski definition) is 1. The van der Waals surface area contributed by atoms with Crippen molar-refractivity contribution in [2.75, 3.05) is 7.05 Å². The summed E-state index contributed by atoms with van der Waals surface area (Å²) in [6, 6.07) is 7.46. The molecule has 2 aliphatic rings. The minimum atomic E-state index is -0.166. The second-order valence-electron chi connectivity index (χ2n) is 7.58. The van der Waals surface area contributed by atoms with Gasteiger partial charge in [-0.3, -0.25) is 4.79 Å². The zero-order chi connectivity index (χ0) is 18.3. The molecule has 1 aliphatic heterocycles. The summed E-state index contributed by atoms with van der Waals surface area (Å²) in [5, 5.41) is 3.75. The van der Waals surface area contributed by atoms with E-state index in [-0.39, 0.29) is 23.8 Å². The molecule has 1 aromatic carbocycles. The molecule has 1 aliphatic carbocycles. The molecule has 2 heterocycles. The van der Waals surface area contributed by atoms with Gasteiger partial charge in [0.2, 0.25) is 5.91 Å². The lowest BCUT2D eigenvalue weighted by Crippen LogP contribution is -2.54. The Morgan fingerprint density at radius 3 is 2.77 bits per heavy atom. The van der Waals surface area contributed by atoms with E-state index in [9.17, 15) is 9.18 Å². The number of nitrogens with one attached hydrogen (secondary N) is 1. The third kappa shape index (κ3) is 3.14. The molecule has 0 spiro atoms. The first-order chi connectivity index (χ1) is 12.5. The van der Waals surface area contributed by atoms with Gasteiger partial charge in [0.15, 0.2) is 0 Å². The Kier molecular flexibility index (Phi) is 4.53. The largest absolute Gasteiger partial charge is 0.336 e. The topological polar surface area (TPSA) is 50.2 Å². The molecule has 1 saturated carbocycles. The van der Waals surface area contributed by atoms with Gasteiger partial charge < -0.3 is 14.8 Å². The smallest absolute Gasteiger partial charge is 0.223 e. The van der Waals surface area contributed by atoms with E-state index >= 15 is 0 Å². The van der Waals surface area contributed by atoms with Gasteiger partial charge in [0.1, 0.15) is 17.7 Å². The predicted octanol–water partition coefficient (Wildman–Crippen LogP) is 2.76. The van der Waals surface area contributed by atoms with Crippen LogP contribution in [0.15, 0.2) is 36.7 Å². The van der Waals surface area contributed by atoms with Crippen molar-refractivity contribution in [2.24, 2.45) is 7.05 Å². The number of likely N-dealkylation sites (tertiary alicyclic amines) is 1. The zero-order valence-corrected chi connectivity index (χ0v) is 15.2. The molecule has 1 N–H and O–H groups in total. The number of benzene rings is 1. The molecule has 1 saturated heterocycles. The normalized spacial score (nSPS) is 28.9. The van der Waals surface area contributed by atoms with Crippen molar-refractivity contribution in [3.8, 4) is 0 Å². The van der Waals surface area contributed by atoms with Gasteiger partial charge in [0, 0.05) is 45.0 Å². The molecular weight excluding hydrogens is 331 g/mol. The van der Waals surface area contributed by atoms with Gasteiger partial charge in [-0.15, -0.1) is 0 Å². The van der Waals surface area contributed by atoms with E-state index in [4.69, 9.17) is 0 Å². The van der Waals surface area contributed by atoms with Gasteiger partial charge in [-0.25, -0.2) is 9.37 Å². The number of aromatic nitrogens is 2. The van der Waals surface area contributed by atoms with Crippen LogP contribution in [-0.4, -0.2) is 39.5 Å². The van der Waals surface area contributed by atoms with Crippen LogP contribution in [0.25, 0.3) is 0 Å². The molecular formula is C20H25FN4O. The van der Waals surface area contributed by atoms with E-state index in [1.807, 2.05) is 35.8 Å². The van der Waals surface area contributed by atoms with Crippen LogP contribution in [0, 0.1) is 5.82 Å². The van der Waals surface area contributed by atoms with Crippen molar-refractivity contribution in [1.29, 1.82) is 0 Å². The Bertz CT molecular complexity index is 799. The lowest BCUT2D eigenvalue weighted by atomic mass is 9.75. The van der Waals surface area contributed by atoms with E-state index < -0.39 is 0 Å². The molecule has 1 aromatic heterocycles. The number of carbonyl (C=O) groups is 1. The quantitative estimate of drug-likeness (QED) is 0.916. The van der Waals surface area contributed by atoms with E-state index in [0.717, 1.165) is 30.7 Å². The summed E-state index contributed by atoms with van der Waals surface area (Å²) in [6.45, 7) is 0. The molecule has 2 atom stereocenters. The SMILES string of the molecule is CN1C(=O)CC[C@@H](NC2CC(c3cccc(F)c3)C2)[C@@H]1c1nccn1C. The number of piperidine rings is 1.